The summed E-state index contributed by atoms with van der Waals surface area (Å²) in [7, 11) is 0. The molecule has 0 bridgehead atoms. The zero-order valence-electron chi connectivity index (χ0n) is 12.3. The van der Waals surface area contributed by atoms with Gasteiger partial charge in [-0.25, -0.2) is 0 Å². The molecule has 0 saturated heterocycles. The van der Waals surface area contributed by atoms with Gasteiger partial charge < -0.3 is 4.74 Å². The minimum atomic E-state index is 0.0435. The second kappa shape index (κ2) is 5.41. The highest BCUT2D eigenvalue weighted by molar-refractivity contribution is 5.30. The summed E-state index contributed by atoms with van der Waals surface area (Å²) in [4.78, 5) is 0. The molecule has 0 radical (unpaired) electrons. The summed E-state index contributed by atoms with van der Waals surface area (Å²) < 4.78 is 6.31. The molecule has 0 spiro atoms. The molecule has 104 valence electrons. The highest BCUT2D eigenvalue weighted by atomic mass is 16.5. The fourth-order valence-electron chi connectivity index (χ4n) is 2.76. The maximum Gasteiger partial charge on any atom is 0.108 e. The molecule has 1 nitrogen and oxygen atoms in total. The van der Waals surface area contributed by atoms with Crippen molar-refractivity contribution in [1.82, 2.24) is 0 Å². The summed E-state index contributed by atoms with van der Waals surface area (Å²) in [6.45, 7) is 5.47. The molecule has 1 saturated carbocycles. The van der Waals surface area contributed by atoms with Crippen LogP contribution in [0.1, 0.15) is 37.5 Å². The predicted octanol–water partition coefficient (Wildman–Crippen LogP) is 4.84. The van der Waals surface area contributed by atoms with Crippen molar-refractivity contribution in [2.75, 3.05) is 6.61 Å². The lowest BCUT2D eigenvalue weighted by molar-refractivity contribution is 0.0453. The molecule has 0 N–H and O–H groups in total. The van der Waals surface area contributed by atoms with E-state index in [1.807, 2.05) is 0 Å². The van der Waals surface area contributed by atoms with E-state index < -0.39 is 0 Å². The topological polar surface area (TPSA) is 9.23 Å². The van der Waals surface area contributed by atoms with Crippen LogP contribution < -0.4 is 0 Å². The van der Waals surface area contributed by atoms with Crippen molar-refractivity contribution in [3.05, 3.63) is 71.8 Å². The summed E-state index contributed by atoms with van der Waals surface area (Å²) in [5.74, 6) is 0.787. The van der Waals surface area contributed by atoms with E-state index in [1.54, 1.807) is 0 Å². The SMILES string of the molecule is CC1CC1(C)COC(c1ccccc1)c1ccccc1. The van der Waals surface area contributed by atoms with Gasteiger partial charge in [0.15, 0.2) is 0 Å². The average Bonchev–Trinajstić information content (AvgIpc) is 3.09. The van der Waals surface area contributed by atoms with E-state index in [9.17, 15) is 0 Å². The third kappa shape index (κ3) is 2.78. The summed E-state index contributed by atoms with van der Waals surface area (Å²) in [5.41, 5.74) is 2.84. The number of rotatable bonds is 5. The van der Waals surface area contributed by atoms with Gasteiger partial charge >= 0.3 is 0 Å². The van der Waals surface area contributed by atoms with Crippen LogP contribution in [0.15, 0.2) is 60.7 Å². The Labute approximate surface area is 121 Å². The standard InChI is InChI=1S/C19H22O/c1-15-13-19(15,2)14-20-18(16-9-5-3-6-10-16)17-11-7-4-8-12-17/h3-12,15,18H,13-14H2,1-2H3. The molecule has 3 rings (SSSR count). The van der Waals surface area contributed by atoms with Crippen molar-refractivity contribution in [3.63, 3.8) is 0 Å². The van der Waals surface area contributed by atoms with Crippen LogP contribution in [0.5, 0.6) is 0 Å². The first-order chi connectivity index (χ1) is 9.69. The van der Waals surface area contributed by atoms with E-state index in [0.717, 1.165) is 12.5 Å². The monoisotopic (exact) mass is 266 g/mol. The van der Waals surface area contributed by atoms with Crippen molar-refractivity contribution < 1.29 is 4.74 Å². The Bertz CT molecular complexity index is 509. The van der Waals surface area contributed by atoms with Crippen LogP contribution in [0, 0.1) is 11.3 Å². The first-order valence-corrected chi connectivity index (χ1v) is 7.40. The fraction of sp³-hybridized carbons (Fsp3) is 0.368. The third-order valence-electron chi connectivity index (χ3n) is 4.59. The van der Waals surface area contributed by atoms with E-state index in [0.29, 0.717) is 5.41 Å². The van der Waals surface area contributed by atoms with E-state index >= 15 is 0 Å². The second-order valence-electron chi connectivity index (χ2n) is 6.27. The highest BCUT2D eigenvalue weighted by Gasteiger charge is 2.47. The minimum absolute atomic E-state index is 0.0435. The Balaban J connectivity index is 1.81. The zero-order valence-corrected chi connectivity index (χ0v) is 12.3. The Morgan fingerprint density at radius 1 is 1.00 bits per heavy atom. The van der Waals surface area contributed by atoms with Crippen LogP contribution in [0.25, 0.3) is 0 Å². The summed E-state index contributed by atoms with van der Waals surface area (Å²) >= 11 is 0. The van der Waals surface area contributed by atoms with Gasteiger partial charge in [0.2, 0.25) is 0 Å². The number of hydrogen-bond acceptors (Lipinski definition) is 1. The number of ether oxygens (including phenoxy) is 1. The summed E-state index contributed by atoms with van der Waals surface area (Å²) in [5, 5.41) is 0. The van der Waals surface area contributed by atoms with Crippen molar-refractivity contribution >= 4 is 0 Å². The van der Waals surface area contributed by atoms with E-state index in [-0.39, 0.29) is 6.10 Å². The second-order valence-corrected chi connectivity index (χ2v) is 6.27. The van der Waals surface area contributed by atoms with Crippen molar-refractivity contribution in [3.8, 4) is 0 Å². The van der Waals surface area contributed by atoms with Gasteiger partial charge in [-0.1, -0.05) is 74.5 Å². The number of hydrogen-bond donors (Lipinski definition) is 0. The molecular weight excluding hydrogens is 244 g/mol. The fourth-order valence-corrected chi connectivity index (χ4v) is 2.76. The molecule has 1 fully saturated rings. The Morgan fingerprint density at radius 3 is 1.85 bits per heavy atom. The molecule has 0 aromatic heterocycles. The molecule has 2 aromatic rings. The molecule has 1 aliphatic rings. The minimum Gasteiger partial charge on any atom is -0.368 e. The quantitative estimate of drug-likeness (QED) is 0.752. The van der Waals surface area contributed by atoms with Crippen molar-refractivity contribution in [2.24, 2.45) is 11.3 Å². The highest BCUT2D eigenvalue weighted by Crippen LogP contribution is 2.52. The molecule has 20 heavy (non-hydrogen) atoms. The smallest absolute Gasteiger partial charge is 0.108 e. The van der Waals surface area contributed by atoms with Crippen LogP contribution in [-0.4, -0.2) is 6.61 Å². The van der Waals surface area contributed by atoms with Gasteiger partial charge in [0, 0.05) is 0 Å². The van der Waals surface area contributed by atoms with E-state index in [1.165, 1.54) is 17.5 Å². The van der Waals surface area contributed by atoms with Crippen LogP contribution in [0.2, 0.25) is 0 Å². The molecule has 1 aliphatic carbocycles. The maximum atomic E-state index is 6.31. The number of benzene rings is 2. The van der Waals surface area contributed by atoms with Crippen LogP contribution >= 0.6 is 0 Å². The zero-order chi connectivity index (χ0) is 14.0. The van der Waals surface area contributed by atoms with Gasteiger partial charge in [0.25, 0.3) is 0 Å². The molecular formula is C19H22O. The van der Waals surface area contributed by atoms with Gasteiger partial charge in [0.05, 0.1) is 6.61 Å². The molecule has 0 amide bonds. The lowest BCUT2D eigenvalue weighted by Gasteiger charge is -2.21. The van der Waals surface area contributed by atoms with Crippen LogP contribution in [0.4, 0.5) is 0 Å². The van der Waals surface area contributed by atoms with E-state index in [4.69, 9.17) is 4.74 Å². The molecule has 2 aromatic carbocycles. The first-order valence-electron chi connectivity index (χ1n) is 7.40. The van der Waals surface area contributed by atoms with Gasteiger partial charge in [-0.15, -0.1) is 0 Å². The van der Waals surface area contributed by atoms with E-state index in [2.05, 4.69) is 74.5 Å². The summed E-state index contributed by atoms with van der Waals surface area (Å²) in [6.07, 6.45) is 1.32. The molecule has 2 unspecified atom stereocenters. The predicted molar refractivity (Wildman–Crippen MR) is 82.6 cm³/mol. The first kappa shape index (κ1) is 13.4. The average molecular weight is 266 g/mol. The largest absolute Gasteiger partial charge is 0.368 e. The van der Waals surface area contributed by atoms with Crippen molar-refractivity contribution in [2.45, 2.75) is 26.4 Å². The molecule has 0 heterocycles. The lowest BCUT2D eigenvalue weighted by Crippen LogP contribution is -2.14. The van der Waals surface area contributed by atoms with Gasteiger partial charge in [-0.05, 0) is 28.9 Å². The lowest BCUT2D eigenvalue weighted by atomic mass is 10.0. The van der Waals surface area contributed by atoms with Crippen molar-refractivity contribution in [1.29, 1.82) is 0 Å². The molecule has 0 aliphatic heterocycles. The van der Waals surface area contributed by atoms with Crippen LogP contribution in [-0.2, 0) is 4.74 Å². The summed E-state index contributed by atoms with van der Waals surface area (Å²) in [6, 6.07) is 21.0. The normalized spacial score (nSPS) is 24.9. The van der Waals surface area contributed by atoms with Crippen LogP contribution in [0.3, 0.4) is 0 Å². The molecule has 2 atom stereocenters. The Morgan fingerprint density at radius 2 is 1.45 bits per heavy atom. The van der Waals surface area contributed by atoms with Gasteiger partial charge in [-0.2, -0.15) is 0 Å². The maximum absolute atomic E-state index is 6.31. The Hall–Kier alpha value is -1.60. The third-order valence-corrected chi connectivity index (χ3v) is 4.59. The van der Waals surface area contributed by atoms with Gasteiger partial charge in [-0.3, -0.25) is 0 Å². The van der Waals surface area contributed by atoms with Gasteiger partial charge in [0.1, 0.15) is 6.10 Å². The Kier molecular flexibility index (Phi) is 3.62. The molecule has 1 heteroatoms.